The molecule has 0 aromatic carbocycles. The number of rotatable bonds is 3. The normalized spacial score (nSPS) is 26.4. The molecule has 0 spiro atoms. The molecule has 0 bridgehead atoms. The number of hydrogen-bond donors (Lipinski definition) is 0. The van der Waals surface area contributed by atoms with Crippen LogP contribution in [-0.4, -0.2) is 37.0 Å². The SMILES string of the molecule is CCC1OCN(C(C)OC)C1=O. The molecule has 0 saturated carbocycles. The molecule has 1 amide bonds. The molecule has 4 heteroatoms. The molecule has 1 saturated heterocycles. The molecule has 2 atom stereocenters. The zero-order valence-electron chi connectivity index (χ0n) is 7.74. The highest BCUT2D eigenvalue weighted by molar-refractivity contribution is 5.82. The second kappa shape index (κ2) is 3.87. The van der Waals surface area contributed by atoms with Crippen molar-refractivity contribution >= 4 is 5.91 Å². The highest BCUT2D eigenvalue weighted by Gasteiger charge is 2.33. The Balaban J connectivity index is 2.54. The Labute approximate surface area is 72.4 Å². The number of carbonyl (C=O) groups excluding carboxylic acids is 1. The van der Waals surface area contributed by atoms with Crippen molar-refractivity contribution in [3.8, 4) is 0 Å². The van der Waals surface area contributed by atoms with E-state index < -0.39 is 0 Å². The van der Waals surface area contributed by atoms with Crippen molar-refractivity contribution in [1.82, 2.24) is 4.90 Å². The molecule has 0 aromatic heterocycles. The largest absolute Gasteiger partial charge is 0.362 e. The van der Waals surface area contributed by atoms with E-state index >= 15 is 0 Å². The molecule has 1 aliphatic heterocycles. The minimum atomic E-state index is -0.261. The highest BCUT2D eigenvalue weighted by atomic mass is 16.5. The predicted molar refractivity (Wildman–Crippen MR) is 43.3 cm³/mol. The molecule has 0 N–H and O–H groups in total. The number of hydrogen-bond acceptors (Lipinski definition) is 3. The van der Waals surface area contributed by atoms with Gasteiger partial charge >= 0.3 is 0 Å². The molecule has 1 heterocycles. The fourth-order valence-corrected chi connectivity index (χ4v) is 1.19. The molecule has 1 aliphatic rings. The molecule has 2 unspecified atom stereocenters. The molecule has 12 heavy (non-hydrogen) atoms. The average Bonchev–Trinajstić information content (AvgIpc) is 2.45. The number of nitrogens with zero attached hydrogens (tertiary/aromatic N) is 1. The summed E-state index contributed by atoms with van der Waals surface area (Å²) >= 11 is 0. The van der Waals surface area contributed by atoms with Gasteiger partial charge in [-0.25, -0.2) is 0 Å². The van der Waals surface area contributed by atoms with Crippen LogP contribution in [0.25, 0.3) is 0 Å². The summed E-state index contributed by atoms with van der Waals surface area (Å²) in [5.74, 6) is 0.0341. The molecule has 0 aromatic rings. The summed E-state index contributed by atoms with van der Waals surface area (Å²) in [5.41, 5.74) is 0. The van der Waals surface area contributed by atoms with Crippen molar-refractivity contribution in [2.75, 3.05) is 13.8 Å². The van der Waals surface area contributed by atoms with Gasteiger partial charge in [0.15, 0.2) is 0 Å². The molecule has 1 fully saturated rings. The van der Waals surface area contributed by atoms with Crippen LogP contribution in [0.15, 0.2) is 0 Å². The van der Waals surface area contributed by atoms with Crippen LogP contribution in [0.1, 0.15) is 20.3 Å². The predicted octanol–water partition coefficient (Wildman–Crippen LogP) is 0.574. The van der Waals surface area contributed by atoms with Gasteiger partial charge in [-0.2, -0.15) is 0 Å². The van der Waals surface area contributed by atoms with Crippen molar-refractivity contribution in [1.29, 1.82) is 0 Å². The van der Waals surface area contributed by atoms with Crippen LogP contribution in [0.2, 0.25) is 0 Å². The summed E-state index contributed by atoms with van der Waals surface area (Å²) in [6.07, 6.45) is 0.280. The van der Waals surface area contributed by atoms with Gasteiger partial charge in [0, 0.05) is 7.11 Å². The lowest BCUT2D eigenvalue weighted by atomic mass is 10.2. The van der Waals surface area contributed by atoms with Crippen LogP contribution in [0, 0.1) is 0 Å². The van der Waals surface area contributed by atoms with Gasteiger partial charge in [-0.05, 0) is 13.3 Å². The van der Waals surface area contributed by atoms with E-state index in [0.717, 1.165) is 6.42 Å². The van der Waals surface area contributed by atoms with E-state index in [2.05, 4.69) is 0 Å². The van der Waals surface area contributed by atoms with Crippen LogP contribution >= 0.6 is 0 Å². The monoisotopic (exact) mass is 173 g/mol. The van der Waals surface area contributed by atoms with E-state index in [1.165, 1.54) is 0 Å². The smallest absolute Gasteiger partial charge is 0.255 e. The van der Waals surface area contributed by atoms with E-state index in [0.29, 0.717) is 6.73 Å². The highest BCUT2D eigenvalue weighted by Crippen LogP contribution is 2.15. The second-order valence-electron chi connectivity index (χ2n) is 2.84. The maximum Gasteiger partial charge on any atom is 0.255 e. The van der Waals surface area contributed by atoms with Gasteiger partial charge in [0.05, 0.1) is 0 Å². The fraction of sp³-hybridized carbons (Fsp3) is 0.875. The lowest BCUT2D eigenvalue weighted by Gasteiger charge is -2.20. The van der Waals surface area contributed by atoms with Crippen LogP contribution in [0.3, 0.4) is 0 Å². The molecule has 0 aliphatic carbocycles. The van der Waals surface area contributed by atoms with Gasteiger partial charge in [-0.1, -0.05) is 6.92 Å². The Morgan fingerprint density at radius 2 is 2.50 bits per heavy atom. The Hall–Kier alpha value is -0.610. The third-order valence-corrected chi connectivity index (χ3v) is 2.12. The maximum atomic E-state index is 11.5. The topological polar surface area (TPSA) is 38.8 Å². The van der Waals surface area contributed by atoms with E-state index in [1.54, 1.807) is 12.0 Å². The van der Waals surface area contributed by atoms with Crippen LogP contribution in [0.4, 0.5) is 0 Å². The van der Waals surface area contributed by atoms with Crippen LogP contribution in [0.5, 0.6) is 0 Å². The molecule has 4 nitrogen and oxygen atoms in total. The molecular formula is C8H15NO3. The van der Waals surface area contributed by atoms with Crippen LogP contribution in [-0.2, 0) is 14.3 Å². The molecular weight excluding hydrogens is 158 g/mol. The second-order valence-corrected chi connectivity index (χ2v) is 2.84. The van der Waals surface area contributed by atoms with Crippen molar-refractivity contribution in [3.63, 3.8) is 0 Å². The summed E-state index contributed by atoms with van der Waals surface area (Å²) < 4.78 is 10.3. The average molecular weight is 173 g/mol. The van der Waals surface area contributed by atoms with Crippen LogP contribution < -0.4 is 0 Å². The van der Waals surface area contributed by atoms with E-state index in [9.17, 15) is 4.79 Å². The third-order valence-electron chi connectivity index (χ3n) is 2.12. The van der Waals surface area contributed by atoms with Gasteiger partial charge in [-0.15, -0.1) is 0 Å². The van der Waals surface area contributed by atoms with E-state index in [4.69, 9.17) is 9.47 Å². The Bertz CT molecular complexity index is 172. The maximum absolute atomic E-state index is 11.5. The number of carbonyl (C=O) groups is 1. The zero-order chi connectivity index (χ0) is 9.14. The number of amides is 1. The lowest BCUT2D eigenvalue weighted by Crippen LogP contribution is -2.37. The molecule has 70 valence electrons. The van der Waals surface area contributed by atoms with E-state index in [-0.39, 0.29) is 18.2 Å². The van der Waals surface area contributed by atoms with Gasteiger partial charge in [-0.3, -0.25) is 9.69 Å². The quantitative estimate of drug-likeness (QED) is 0.626. The third kappa shape index (κ3) is 1.59. The van der Waals surface area contributed by atoms with Gasteiger partial charge in [0.25, 0.3) is 5.91 Å². The molecule has 0 radical (unpaired) electrons. The minimum Gasteiger partial charge on any atom is -0.362 e. The standard InChI is InChI=1S/C8H15NO3/c1-4-7-8(10)9(5-12-7)6(2)11-3/h6-7H,4-5H2,1-3H3. The first-order chi connectivity index (χ1) is 5.70. The summed E-state index contributed by atoms with van der Waals surface area (Å²) in [6.45, 7) is 4.12. The van der Waals surface area contributed by atoms with Crippen molar-refractivity contribution in [3.05, 3.63) is 0 Å². The van der Waals surface area contributed by atoms with Crippen molar-refractivity contribution in [2.24, 2.45) is 0 Å². The molecule has 1 rings (SSSR count). The van der Waals surface area contributed by atoms with E-state index in [1.807, 2.05) is 13.8 Å². The number of methoxy groups -OCH3 is 1. The first-order valence-corrected chi connectivity index (χ1v) is 4.15. The minimum absolute atomic E-state index is 0.0341. The first-order valence-electron chi connectivity index (χ1n) is 4.15. The van der Waals surface area contributed by atoms with Crippen molar-refractivity contribution < 1.29 is 14.3 Å². The summed E-state index contributed by atoms with van der Waals surface area (Å²) in [6, 6.07) is 0. The Morgan fingerprint density at radius 3 is 2.92 bits per heavy atom. The van der Waals surface area contributed by atoms with Gasteiger partial charge < -0.3 is 9.47 Å². The Morgan fingerprint density at radius 1 is 1.83 bits per heavy atom. The number of ether oxygens (including phenoxy) is 2. The summed E-state index contributed by atoms with van der Waals surface area (Å²) in [5, 5.41) is 0. The Kier molecular flexibility index (Phi) is 3.05. The van der Waals surface area contributed by atoms with Gasteiger partial charge in [0.2, 0.25) is 0 Å². The zero-order valence-corrected chi connectivity index (χ0v) is 7.74. The lowest BCUT2D eigenvalue weighted by molar-refractivity contribution is -0.138. The summed E-state index contributed by atoms with van der Waals surface area (Å²) in [4.78, 5) is 13.0. The van der Waals surface area contributed by atoms with Gasteiger partial charge in [0.1, 0.15) is 19.1 Å². The fourth-order valence-electron chi connectivity index (χ4n) is 1.19. The summed E-state index contributed by atoms with van der Waals surface area (Å²) in [7, 11) is 1.58. The first kappa shape index (κ1) is 9.48. The van der Waals surface area contributed by atoms with Crippen molar-refractivity contribution in [2.45, 2.75) is 32.6 Å².